The highest BCUT2D eigenvalue weighted by Crippen LogP contribution is 2.28. The van der Waals surface area contributed by atoms with E-state index in [0.717, 1.165) is 9.87 Å². The normalized spacial score (nSPS) is 11.5. The Morgan fingerprint density at radius 3 is 2.67 bits per heavy atom. The zero-order valence-corrected chi connectivity index (χ0v) is 18.1. The fourth-order valence-electron chi connectivity index (χ4n) is 3.02. The number of H-pyrrole nitrogens is 1. The Labute approximate surface area is 179 Å². The van der Waals surface area contributed by atoms with Crippen LogP contribution in [0.4, 0.5) is 5.69 Å². The number of sulfonamides is 1. The number of likely N-dealkylation sites (N-methyl/N-ethyl adjacent to an activating group) is 1. The van der Waals surface area contributed by atoms with E-state index in [0.29, 0.717) is 27.4 Å². The molecule has 0 aliphatic heterocycles. The number of fused-ring (bicyclic) bond motifs is 1. The number of benzene rings is 2. The summed E-state index contributed by atoms with van der Waals surface area (Å²) in [6, 6.07) is 11.6. The Bertz CT molecular complexity index is 1280. The average Bonchev–Trinajstić information content (AvgIpc) is 3.10. The van der Waals surface area contributed by atoms with Gasteiger partial charge in [-0.15, -0.1) is 0 Å². The van der Waals surface area contributed by atoms with Gasteiger partial charge >= 0.3 is 0 Å². The predicted molar refractivity (Wildman–Crippen MR) is 114 cm³/mol. The van der Waals surface area contributed by atoms with Crippen molar-refractivity contribution in [1.82, 2.24) is 9.29 Å². The number of aromatic nitrogens is 1. The lowest BCUT2D eigenvalue weighted by Crippen LogP contribution is -2.35. The number of amides is 1. The van der Waals surface area contributed by atoms with Crippen LogP contribution >= 0.6 is 11.6 Å². The molecule has 0 bridgehead atoms. The number of nitriles is 1. The maximum Gasteiger partial charge on any atom is 0.245 e. The second-order valence-corrected chi connectivity index (χ2v) is 9.10. The van der Waals surface area contributed by atoms with Gasteiger partial charge in [-0.3, -0.25) is 4.79 Å². The molecule has 0 radical (unpaired) electrons. The molecular weight excluding hydrogens is 428 g/mol. The van der Waals surface area contributed by atoms with Crippen LogP contribution in [-0.4, -0.2) is 44.3 Å². The van der Waals surface area contributed by atoms with Crippen molar-refractivity contribution in [2.24, 2.45) is 0 Å². The van der Waals surface area contributed by atoms with Crippen molar-refractivity contribution in [3.8, 4) is 11.8 Å². The van der Waals surface area contributed by atoms with Crippen molar-refractivity contribution < 1.29 is 17.9 Å². The minimum atomic E-state index is -4.00. The molecular formula is C20H19ClN4O4S. The van der Waals surface area contributed by atoms with Crippen LogP contribution < -0.4 is 10.1 Å². The Morgan fingerprint density at radius 2 is 2.03 bits per heavy atom. The van der Waals surface area contributed by atoms with Crippen molar-refractivity contribution in [2.75, 3.05) is 26.0 Å². The van der Waals surface area contributed by atoms with Crippen molar-refractivity contribution in [2.45, 2.75) is 11.8 Å². The SMILES string of the molecule is COc1ccc(NC(=O)CN(C)S(=O)(=O)c2cc(C)cc3cc(C#N)[nH]c23)cc1Cl. The summed E-state index contributed by atoms with van der Waals surface area (Å²) in [4.78, 5) is 15.2. The van der Waals surface area contributed by atoms with Gasteiger partial charge in [-0.2, -0.15) is 9.57 Å². The van der Waals surface area contributed by atoms with E-state index in [1.165, 1.54) is 26.3 Å². The minimum absolute atomic E-state index is 0.00166. The molecule has 0 aliphatic carbocycles. The number of hydrogen-bond acceptors (Lipinski definition) is 5. The summed E-state index contributed by atoms with van der Waals surface area (Å²) in [7, 11) is -1.21. The zero-order chi connectivity index (χ0) is 22.1. The molecule has 0 aliphatic rings. The van der Waals surface area contributed by atoms with Gasteiger partial charge in [-0.25, -0.2) is 8.42 Å². The summed E-state index contributed by atoms with van der Waals surface area (Å²) in [5, 5.41) is 12.7. The van der Waals surface area contributed by atoms with Gasteiger partial charge < -0.3 is 15.0 Å². The standard InChI is InChI=1S/C20H19ClN4O4S/c1-12-6-13-8-15(10-22)24-20(13)18(7-12)30(27,28)25(2)11-19(26)23-14-4-5-17(29-3)16(21)9-14/h4-9,24H,11H2,1-3H3,(H,23,26). The van der Waals surface area contributed by atoms with E-state index >= 15 is 0 Å². The summed E-state index contributed by atoms with van der Waals surface area (Å²) in [6.07, 6.45) is 0. The topological polar surface area (TPSA) is 115 Å². The second kappa shape index (κ2) is 8.36. The molecule has 156 valence electrons. The van der Waals surface area contributed by atoms with Crippen LogP contribution in [0.25, 0.3) is 10.9 Å². The fourth-order valence-corrected chi connectivity index (χ4v) is 4.66. The summed E-state index contributed by atoms with van der Waals surface area (Å²) < 4.78 is 32.3. The number of anilines is 1. The number of methoxy groups -OCH3 is 1. The molecule has 10 heteroatoms. The maximum absolute atomic E-state index is 13.1. The maximum atomic E-state index is 13.1. The highest BCUT2D eigenvalue weighted by atomic mass is 35.5. The number of carbonyl (C=O) groups is 1. The lowest BCUT2D eigenvalue weighted by molar-refractivity contribution is -0.116. The van der Waals surface area contributed by atoms with Crippen molar-refractivity contribution >= 4 is 44.1 Å². The molecule has 0 saturated heterocycles. The van der Waals surface area contributed by atoms with Gasteiger partial charge in [0.2, 0.25) is 15.9 Å². The largest absolute Gasteiger partial charge is 0.495 e. The van der Waals surface area contributed by atoms with Gasteiger partial charge in [0.05, 0.1) is 24.2 Å². The molecule has 0 spiro atoms. The number of aryl methyl sites for hydroxylation is 1. The molecule has 3 rings (SSSR count). The van der Waals surface area contributed by atoms with Crippen molar-refractivity contribution in [1.29, 1.82) is 5.26 Å². The van der Waals surface area contributed by atoms with Gasteiger partial charge in [0.15, 0.2) is 0 Å². The number of hydrogen-bond donors (Lipinski definition) is 2. The third kappa shape index (κ3) is 4.26. The number of ether oxygens (including phenoxy) is 1. The lowest BCUT2D eigenvalue weighted by atomic mass is 10.2. The Balaban J connectivity index is 1.84. The predicted octanol–water partition coefficient (Wildman–Crippen LogP) is 3.27. The molecule has 0 saturated carbocycles. The van der Waals surface area contributed by atoms with E-state index in [-0.39, 0.29) is 10.6 Å². The molecule has 0 atom stereocenters. The monoisotopic (exact) mass is 446 g/mol. The van der Waals surface area contributed by atoms with Crippen LogP contribution in [0.2, 0.25) is 5.02 Å². The van der Waals surface area contributed by atoms with Crippen LogP contribution in [0.1, 0.15) is 11.3 Å². The number of halogens is 1. The molecule has 1 aromatic heterocycles. The summed E-state index contributed by atoms with van der Waals surface area (Å²) >= 11 is 6.05. The first kappa shape index (κ1) is 21.6. The quantitative estimate of drug-likeness (QED) is 0.602. The number of rotatable bonds is 6. The molecule has 30 heavy (non-hydrogen) atoms. The zero-order valence-electron chi connectivity index (χ0n) is 16.5. The average molecular weight is 447 g/mol. The third-order valence-electron chi connectivity index (χ3n) is 4.45. The first-order valence-corrected chi connectivity index (χ1v) is 10.6. The van der Waals surface area contributed by atoms with Crippen molar-refractivity contribution in [3.63, 3.8) is 0 Å². The highest BCUT2D eigenvalue weighted by Gasteiger charge is 2.26. The van der Waals surface area contributed by atoms with Gasteiger partial charge in [-0.1, -0.05) is 11.6 Å². The number of carbonyl (C=O) groups excluding carboxylic acids is 1. The molecule has 1 heterocycles. The van der Waals surface area contributed by atoms with E-state index < -0.39 is 22.5 Å². The van der Waals surface area contributed by atoms with Crippen molar-refractivity contribution in [3.05, 3.63) is 52.7 Å². The first-order chi connectivity index (χ1) is 14.1. The van der Waals surface area contributed by atoms with E-state index in [2.05, 4.69) is 10.3 Å². The Hall–Kier alpha value is -3.06. The number of aromatic amines is 1. The molecule has 0 unspecified atom stereocenters. The number of nitrogens with one attached hydrogen (secondary N) is 2. The first-order valence-electron chi connectivity index (χ1n) is 8.79. The van der Waals surface area contributed by atoms with Gasteiger partial charge in [-0.05, 0) is 48.9 Å². The molecule has 3 aromatic rings. The minimum Gasteiger partial charge on any atom is -0.495 e. The van der Waals surface area contributed by atoms with Gasteiger partial charge in [0.1, 0.15) is 22.4 Å². The molecule has 1 amide bonds. The van der Waals surface area contributed by atoms with Crippen LogP contribution in [0, 0.1) is 18.3 Å². The molecule has 2 aromatic carbocycles. The lowest BCUT2D eigenvalue weighted by Gasteiger charge is -2.18. The van der Waals surface area contributed by atoms with Gasteiger partial charge in [0.25, 0.3) is 0 Å². The third-order valence-corrected chi connectivity index (χ3v) is 6.57. The van der Waals surface area contributed by atoms with Crippen LogP contribution in [0.3, 0.4) is 0 Å². The number of nitrogens with zero attached hydrogens (tertiary/aromatic N) is 2. The molecule has 8 nitrogen and oxygen atoms in total. The van der Waals surface area contributed by atoms with Crippen LogP contribution in [0.5, 0.6) is 5.75 Å². The van der Waals surface area contributed by atoms with Crippen LogP contribution in [0.15, 0.2) is 41.3 Å². The fraction of sp³-hybridized carbons (Fsp3) is 0.200. The second-order valence-electron chi connectivity index (χ2n) is 6.68. The van der Waals surface area contributed by atoms with Gasteiger partial charge in [0, 0.05) is 18.1 Å². The highest BCUT2D eigenvalue weighted by molar-refractivity contribution is 7.89. The smallest absolute Gasteiger partial charge is 0.245 e. The molecule has 0 fully saturated rings. The van der Waals surface area contributed by atoms with E-state index in [1.54, 1.807) is 31.2 Å². The summed E-state index contributed by atoms with van der Waals surface area (Å²) in [5.41, 5.74) is 1.71. The van der Waals surface area contributed by atoms with Crippen LogP contribution in [-0.2, 0) is 14.8 Å². The Kier molecular flexibility index (Phi) is 6.03. The summed E-state index contributed by atoms with van der Waals surface area (Å²) in [6.45, 7) is 1.35. The Morgan fingerprint density at radius 1 is 1.30 bits per heavy atom. The van der Waals surface area contributed by atoms with E-state index in [9.17, 15) is 13.2 Å². The van der Waals surface area contributed by atoms with E-state index in [1.807, 2.05) is 6.07 Å². The van der Waals surface area contributed by atoms with E-state index in [4.69, 9.17) is 21.6 Å². The summed E-state index contributed by atoms with van der Waals surface area (Å²) in [5.74, 6) is -0.0732. The molecule has 2 N–H and O–H groups in total.